The summed E-state index contributed by atoms with van der Waals surface area (Å²) in [6.45, 7) is 3.40. The average molecular weight is 472 g/mol. The van der Waals surface area contributed by atoms with Crippen LogP contribution in [0.1, 0.15) is 21.6 Å². The number of pyridine rings is 1. The quantitative estimate of drug-likeness (QED) is 0.631. The molecule has 0 saturated carbocycles. The van der Waals surface area contributed by atoms with Crippen molar-refractivity contribution in [1.29, 1.82) is 0 Å². The molecule has 2 amide bonds. The maximum Gasteiger partial charge on any atom is 0.409 e. The number of aryl methyl sites for hydroxylation is 1. The third-order valence-corrected chi connectivity index (χ3v) is 5.90. The number of halogens is 2. The fourth-order valence-electron chi connectivity index (χ4n) is 4.24. The molecule has 1 saturated heterocycles. The summed E-state index contributed by atoms with van der Waals surface area (Å²) < 4.78 is 42.7. The van der Waals surface area contributed by atoms with Gasteiger partial charge < -0.3 is 24.1 Å². The largest absolute Gasteiger partial charge is 0.453 e. The number of fused-ring (bicyclic) bond motifs is 1. The minimum atomic E-state index is -0.881. The van der Waals surface area contributed by atoms with Gasteiger partial charge in [0.15, 0.2) is 0 Å². The fraction of sp³-hybridized carbons (Fsp3) is 0.375. The van der Waals surface area contributed by atoms with Crippen LogP contribution < -0.4 is 5.32 Å². The summed E-state index contributed by atoms with van der Waals surface area (Å²) in [6, 6.07) is 5.72. The first-order valence-electron chi connectivity index (χ1n) is 10.9. The molecule has 2 aromatic heterocycles. The van der Waals surface area contributed by atoms with Gasteiger partial charge in [0.25, 0.3) is 5.91 Å². The third-order valence-electron chi connectivity index (χ3n) is 5.90. The Hall–Kier alpha value is -3.53. The van der Waals surface area contributed by atoms with Gasteiger partial charge in [0.05, 0.1) is 37.3 Å². The van der Waals surface area contributed by atoms with Gasteiger partial charge in [-0.25, -0.2) is 18.6 Å². The van der Waals surface area contributed by atoms with E-state index in [0.29, 0.717) is 44.1 Å². The van der Waals surface area contributed by atoms with Crippen LogP contribution in [0.3, 0.4) is 0 Å². The van der Waals surface area contributed by atoms with E-state index in [1.165, 1.54) is 14.2 Å². The molecule has 1 aromatic carbocycles. The number of aromatic nitrogens is 2. The summed E-state index contributed by atoms with van der Waals surface area (Å²) in [5, 5.41) is 2.36. The number of hydrogen-bond acceptors (Lipinski definition) is 5. The van der Waals surface area contributed by atoms with E-state index < -0.39 is 23.6 Å². The molecule has 1 aliphatic rings. The van der Waals surface area contributed by atoms with Crippen molar-refractivity contribution in [2.45, 2.75) is 13.3 Å². The van der Waals surface area contributed by atoms with E-state index in [4.69, 9.17) is 9.47 Å². The van der Waals surface area contributed by atoms with Crippen molar-refractivity contribution in [1.82, 2.24) is 19.6 Å². The zero-order valence-electron chi connectivity index (χ0n) is 19.2. The first-order chi connectivity index (χ1) is 16.3. The van der Waals surface area contributed by atoms with Crippen LogP contribution in [-0.2, 0) is 15.9 Å². The van der Waals surface area contributed by atoms with Crippen molar-refractivity contribution >= 4 is 17.6 Å². The summed E-state index contributed by atoms with van der Waals surface area (Å²) in [6.07, 6.45) is 1.70. The molecule has 4 rings (SSSR count). The van der Waals surface area contributed by atoms with E-state index in [9.17, 15) is 9.59 Å². The molecule has 8 nitrogen and oxygen atoms in total. The molecule has 1 fully saturated rings. The Labute approximate surface area is 195 Å². The molecule has 1 atom stereocenters. The van der Waals surface area contributed by atoms with Gasteiger partial charge in [0.1, 0.15) is 17.3 Å². The average Bonchev–Trinajstić information content (AvgIpc) is 2.98. The van der Waals surface area contributed by atoms with Gasteiger partial charge in [-0.1, -0.05) is 0 Å². The van der Waals surface area contributed by atoms with Crippen LogP contribution in [0.4, 0.5) is 13.6 Å². The molecular formula is C24H26F2N4O4. The van der Waals surface area contributed by atoms with Crippen LogP contribution in [0.25, 0.3) is 16.9 Å². The van der Waals surface area contributed by atoms with Crippen LogP contribution in [0.5, 0.6) is 0 Å². The lowest BCUT2D eigenvalue weighted by Crippen LogP contribution is -2.36. The van der Waals surface area contributed by atoms with Gasteiger partial charge in [-0.3, -0.25) is 4.79 Å². The van der Waals surface area contributed by atoms with Crippen LogP contribution in [0.15, 0.2) is 30.5 Å². The number of ether oxygens (including phenoxy) is 2. The number of imidazole rings is 1. The lowest BCUT2D eigenvalue weighted by molar-refractivity contribution is 0.0962. The molecule has 0 spiro atoms. The van der Waals surface area contributed by atoms with Crippen molar-refractivity contribution in [3.8, 4) is 11.3 Å². The number of nitrogens with one attached hydrogen (secondary N) is 1. The lowest BCUT2D eigenvalue weighted by Gasteiger charge is -2.22. The van der Waals surface area contributed by atoms with Crippen LogP contribution in [-0.4, -0.2) is 66.7 Å². The van der Waals surface area contributed by atoms with Crippen LogP contribution >= 0.6 is 0 Å². The number of nitrogens with zero attached hydrogens (tertiary/aromatic N) is 3. The molecule has 0 aliphatic carbocycles. The van der Waals surface area contributed by atoms with E-state index in [2.05, 4.69) is 10.3 Å². The first-order valence-corrected chi connectivity index (χ1v) is 10.9. The second kappa shape index (κ2) is 9.76. The van der Waals surface area contributed by atoms with E-state index in [0.717, 1.165) is 17.7 Å². The lowest BCUT2D eigenvalue weighted by atomic mass is 9.98. The second-order valence-corrected chi connectivity index (χ2v) is 8.29. The highest BCUT2D eigenvalue weighted by Crippen LogP contribution is 2.32. The number of amides is 2. The Morgan fingerprint density at radius 2 is 2.00 bits per heavy atom. The molecule has 10 heteroatoms. The van der Waals surface area contributed by atoms with E-state index in [1.54, 1.807) is 15.5 Å². The molecule has 180 valence electrons. The van der Waals surface area contributed by atoms with Crippen LogP contribution in [0.2, 0.25) is 0 Å². The maximum atomic E-state index is 15.2. The Morgan fingerprint density at radius 3 is 2.68 bits per heavy atom. The van der Waals surface area contributed by atoms with Gasteiger partial charge in [0, 0.05) is 37.8 Å². The summed E-state index contributed by atoms with van der Waals surface area (Å²) in [7, 11) is 2.71. The minimum absolute atomic E-state index is 0.117. The van der Waals surface area contributed by atoms with Gasteiger partial charge in [-0.05, 0) is 43.2 Å². The molecule has 3 heterocycles. The minimum Gasteiger partial charge on any atom is -0.453 e. The number of rotatable bonds is 4. The molecule has 34 heavy (non-hydrogen) atoms. The summed E-state index contributed by atoms with van der Waals surface area (Å²) in [5.41, 5.74) is 1.80. The Kier molecular flexibility index (Phi) is 6.78. The number of benzene rings is 1. The second-order valence-electron chi connectivity index (χ2n) is 8.29. The number of methoxy groups -OCH3 is 1. The highest BCUT2D eigenvalue weighted by Gasteiger charge is 2.28. The normalized spacial score (nSPS) is 16.4. The fourth-order valence-corrected chi connectivity index (χ4v) is 4.24. The third kappa shape index (κ3) is 4.58. The molecule has 3 aromatic rings. The Balaban J connectivity index is 1.80. The summed E-state index contributed by atoms with van der Waals surface area (Å²) >= 11 is 0. The van der Waals surface area contributed by atoms with E-state index in [-0.39, 0.29) is 22.7 Å². The Bertz CT molecular complexity index is 1220. The summed E-state index contributed by atoms with van der Waals surface area (Å²) in [4.78, 5) is 30.1. The highest BCUT2D eigenvalue weighted by atomic mass is 19.1. The highest BCUT2D eigenvalue weighted by molar-refractivity contribution is 5.94. The molecule has 0 bridgehead atoms. The standard InChI is InChI=1S/C24H26F2N4O4/c1-14-4-5-30-19(9-15-12-29(24(32)33-3)6-7-34-13-15)22(28-20(30)8-14)21-17(25)10-16(11-18(21)26)23(31)27-2/h4-5,8,10-11,15H,6-7,9,12-13H2,1-3H3,(H,27,31)/t15-/m1/s1. The Morgan fingerprint density at radius 1 is 1.26 bits per heavy atom. The molecule has 1 N–H and O–H groups in total. The zero-order valence-corrected chi connectivity index (χ0v) is 19.2. The van der Waals surface area contributed by atoms with Gasteiger partial charge in [-0.15, -0.1) is 0 Å². The number of carbonyl (C=O) groups excluding carboxylic acids is 2. The van der Waals surface area contributed by atoms with Crippen LogP contribution in [0, 0.1) is 24.5 Å². The topological polar surface area (TPSA) is 85.2 Å². The van der Waals surface area contributed by atoms with Crippen molar-refractivity contribution < 1.29 is 27.8 Å². The number of hydrogen-bond donors (Lipinski definition) is 1. The predicted molar refractivity (Wildman–Crippen MR) is 121 cm³/mol. The summed E-state index contributed by atoms with van der Waals surface area (Å²) in [5.74, 6) is -2.51. The monoisotopic (exact) mass is 472 g/mol. The molecule has 0 unspecified atom stereocenters. The first kappa shape index (κ1) is 23.6. The SMILES string of the molecule is CNC(=O)c1cc(F)c(-c2nc3cc(C)ccn3c2C[C@H]2COCCN(C(=O)OC)C2)c(F)c1. The van der Waals surface area contributed by atoms with Crippen molar-refractivity contribution in [2.75, 3.05) is 40.5 Å². The molecule has 1 aliphatic heterocycles. The van der Waals surface area contributed by atoms with Crippen molar-refractivity contribution in [3.63, 3.8) is 0 Å². The number of carbonyl (C=O) groups is 2. The predicted octanol–water partition coefficient (Wildman–Crippen LogP) is 3.20. The zero-order chi connectivity index (χ0) is 24.4. The maximum absolute atomic E-state index is 15.2. The molecule has 0 radical (unpaired) electrons. The van der Waals surface area contributed by atoms with Crippen molar-refractivity contribution in [3.05, 3.63) is 58.9 Å². The smallest absolute Gasteiger partial charge is 0.409 e. The molecular weight excluding hydrogens is 446 g/mol. The van der Waals surface area contributed by atoms with Crippen molar-refractivity contribution in [2.24, 2.45) is 5.92 Å². The van der Waals surface area contributed by atoms with Gasteiger partial charge >= 0.3 is 6.09 Å². The van der Waals surface area contributed by atoms with Gasteiger partial charge in [-0.2, -0.15) is 0 Å². The van der Waals surface area contributed by atoms with E-state index in [1.807, 2.05) is 19.1 Å². The van der Waals surface area contributed by atoms with Gasteiger partial charge in [0.2, 0.25) is 0 Å². The van der Waals surface area contributed by atoms with E-state index >= 15 is 8.78 Å².